The minimum Gasteiger partial charge on any atom is -0.403 e. The van der Waals surface area contributed by atoms with Crippen molar-refractivity contribution in [1.82, 2.24) is 19.5 Å². The third-order valence-corrected chi connectivity index (χ3v) is 2.14. The lowest BCUT2D eigenvalue weighted by Crippen LogP contribution is -2.00. The minimum absolute atomic E-state index is 0.0112. The lowest BCUT2D eigenvalue weighted by Gasteiger charge is -2.01. The SMILES string of the molecule is [2H]c1nc2c(/C(C#N)=C\N)ncnc2n1COC. The maximum absolute atomic E-state index is 8.95. The Morgan fingerprint density at radius 1 is 1.71 bits per heavy atom. The fourth-order valence-electron chi connectivity index (χ4n) is 1.41. The highest BCUT2D eigenvalue weighted by molar-refractivity contribution is 5.89. The van der Waals surface area contributed by atoms with E-state index in [9.17, 15) is 0 Å². The van der Waals surface area contributed by atoms with Gasteiger partial charge >= 0.3 is 0 Å². The van der Waals surface area contributed by atoms with E-state index < -0.39 is 0 Å². The maximum atomic E-state index is 8.95. The fourth-order valence-corrected chi connectivity index (χ4v) is 1.41. The van der Waals surface area contributed by atoms with Crippen LogP contribution in [0.15, 0.2) is 18.8 Å². The van der Waals surface area contributed by atoms with Crippen molar-refractivity contribution in [3.8, 4) is 6.07 Å². The number of nitrogens with zero attached hydrogens (tertiary/aromatic N) is 5. The number of nitrogens with two attached hydrogens (primary N) is 1. The molecule has 0 atom stereocenters. The zero-order chi connectivity index (χ0) is 13.1. The van der Waals surface area contributed by atoms with Crippen LogP contribution < -0.4 is 5.73 Å². The summed E-state index contributed by atoms with van der Waals surface area (Å²) in [7, 11) is 1.51. The summed E-state index contributed by atoms with van der Waals surface area (Å²) in [5, 5.41) is 8.95. The van der Waals surface area contributed by atoms with E-state index in [1.165, 1.54) is 18.0 Å². The number of rotatable bonds is 3. The largest absolute Gasteiger partial charge is 0.403 e. The average Bonchev–Trinajstić information content (AvgIpc) is 2.69. The number of fused-ring (bicyclic) bond motifs is 1. The molecule has 2 rings (SSSR count). The van der Waals surface area contributed by atoms with E-state index in [4.69, 9.17) is 17.1 Å². The molecule has 0 unspecified atom stereocenters. The van der Waals surface area contributed by atoms with Gasteiger partial charge < -0.3 is 10.5 Å². The van der Waals surface area contributed by atoms with Crippen molar-refractivity contribution in [2.75, 3.05) is 7.11 Å². The van der Waals surface area contributed by atoms with Crippen LogP contribution in [-0.4, -0.2) is 26.6 Å². The predicted octanol–water partition coefficient (Wildman–Crippen LogP) is 0.253. The van der Waals surface area contributed by atoms with Crippen molar-refractivity contribution < 1.29 is 6.11 Å². The summed E-state index contributed by atoms with van der Waals surface area (Å²) < 4.78 is 14.2. The van der Waals surface area contributed by atoms with Gasteiger partial charge in [0.05, 0.1) is 11.9 Å². The third kappa shape index (κ3) is 1.81. The second-order valence-electron chi connectivity index (χ2n) is 3.14. The standard InChI is InChI=1S/C10H10N6O/c1-17-6-16-5-15-9-8(7(2-11)3-12)13-4-14-10(9)16/h2,4-5H,6,11H2,1H3/b7-2-/i5D. The van der Waals surface area contributed by atoms with E-state index in [0.717, 1.165) is 6.20 Å². The Hall–Kier alpha value is -2.46. The molecule has 0 amide bonds. The van der Waals surface area contributed by atoms with Gasteiger partial charge in [-0.3, -0.25) is 4.57 Å². The molecular weight excluding hydrogens is 220 g/mol. The van der Waals surface area contributed by atoms with Crippen molar-refractivity contribution in [3.05, 3.63) is 24.5 Å². The van der Waals surface area contributed by atoms with E-state index in [-0.39, 0.29) is 18.6 Å². The molecule has 7 nitrogen and oxygen atoms in total. The van der Waals surface area contributed by atoms with Crippen LogP contribution in [0.25, 0.3) is 16.7 Å². The van der Waals surface area contributed by atoms with Gasteiger partial charge in [-0.15, -0.1) is 0 Å². The van der Waals surface area contributed by atoms with E-state index in [2.05, 4.69) is 15.0 Å². The first kappa shape index (κ1) is 9.74. The van der Waals surface area contributed by atoms with Gasteiger partial charge in [0.25, 0.3) is 0 Å². The molecule has 0 aliphatic rings. The number of methoxy groups -OCH3 is 1. The first-order valence-corrected chi connectivity index (χ1v) is 4.72. The van der Waals surface area contributed by atoms with E-state index in [1.54, 1.807) is 0 Å². The predicted molar refractivity (Wildman–Crippen MR) is 60.1 cm³/mol. The Morgan fingerprint density at radius 2 is 2.53 bits per heavy atom. The normalized spacial score (nSPS) is 12.5. The Balaban J connectivity index is 2.73. The molecule has 0 aliphatic heterocycles. The quantitative estimate of drug-likeness (QED) is 0.759. The number of ether oxygens (including phenoxy) is 1. The van der Waals surface area contributed by atoms with Gasteiger partial charge in [-0.25, -0.2) is 15.0 Å². The Bertz CT molecular complexity index is 656. The van der Waals surface area contributed by atoms with Crippen molar-refractivity contribution >= 4 is 16.7 Å². The van der Waals surface area contributed by atoms with Gasteiger partial charge in [0, 0.05) is 13.3 Å². The van der Waals surface area contributed by atoms with Crippen LogP contribution in [0.4, 0.5) is 0 Å². The molecule has 0 spiro atoms. The summed E-state index contributed by atoms with van der Waals surface area (Å²) in [4.78, 5) is 12.1. The fraction of sp³-hybridized carbons (Fsp3) is 0.200. The van der Waals surface area contributed by atoms with Gasteiger partial charge in [0.2, 0.25) is 0 Å². The molecule has 7 heteroatoms. The molecule has 0 aromatic carbocycles. The van der Waals surface area contributed by atoms with Crippen molar-refractivity contribution in [2.45, 2.75) is 6.73 Å². The monoisotopic (exact) mass is 231 g/mol. The summed E-state index contributed by atoms with van der Waals surface area (Å²) >= 11 is 0. The Labute approximate surface area is 98.6 Å². The molecule has 2 aromatic heterocycles. The zero-order valence-electron chi connectivity index (χ0n) is 10.1. The van der Waals surface area contributed by atoms with Crippen LogP contribution in [0.1, 0.15) is 7.06 Å². The molecule has 0 aliphatic carbocycles. The first-order chi connectivity index (χ1) is 8.72. The molecule has 17 heavy (non-hydrogen) atoms. The van der Waals surface area contributed by atoms with E-state index in [0.29, 0.717) is 16.9 Å². The van der Waals surface area contributed by atoms with Crippen LogP contribution in [0.5, 0.6) is 0 Å². The highest BCUT2D eigenvalue weighted by atomic mass is 16.5. The number of hydrogen-bond acceptors (Lipinski definition) is 6. The smallest absolute Gasteiger partial charge is 0.165 e. The lowest BCUT2D eigenvalue weighted by molar-refractivity contribution is 0.134. The minimum atomic E-state index is -0.0112. The Morgan fingerprint density at radius 3 is 3.18 bits per heavy atom. The summed E-state index contributed by atoms with van der Waals surface area (Å²) in [5.74, 6) is 0. The number of aromatic nitrogens is 4. The Kier molecular flexibility index (Phi) is 2.63. The summed E-state index contributed by atoms with van der Waals surface area (Å²) in [6, 6.07) is 1.92. The molecule has 2 aromatic rings. The second kappa shape index (κ2) is 4.59. The number of imidazole rings is 1. The molecule has 0 saturated carbocycles. The van der Waals surface area contributed by atoms with Crippen LogP contribution in [0.2, 0.25) is 0 Å². The van der Waals surface area contributed by atoms with Crippen molar-refractivity contribution in [2.24, 2.45) is 5.73 Å². The molecular formula is C10H10N6O. The average molecular weight is 231 g/mol. The topological polar surface area (TPSA) is 103 Å². The summed E-state index contributed by atoms with van der Waals surface area (Å²) in [5.41, 5.74) is 6.65. The summed E-state index contributed by atoms with van der Waals surface area (Å²) in [6.45, 7) is 0.153. The van der Waals surface area contributed by atoms with Crippen molar-refractivity contribution in [1.29, 1.82) is 5.26 Å². The zero-order valence-corrected chi connectivity index (χ0v) is 9.08. The number of nitriles is 1. The van der Waals surface area contributed by atoms with Gasteiger partial charge in [-0.2, -0.15) is 5.26 Å². The maximum Gasteiger partial charge on any atom is 0.165 e. The van der Waals surface area contributed by atoms with Crippen LogP contribution >= 0.6 is 0 Å². The third-order valence-electron chi connectivity index (χ3n) is 2.14. The van der Waals surface area contributed by atoms with Gasteiger partial charge in [-0.05, 0) is 0 Å². The van der Waals surface area contributed by atoms with Gasteiger partial charge in [0.15, 0.2) is 5.65 Å². The lowest BCUT2D eigenvalue weighted by atomic mass is 10.2. The van der Waals surface area contributed by atoms with Crippen LogP contribution in [0, 0.1) is 11.3 Å². The van der Waals surface area contributed by atoms with Crippen LogP contribution in [-0.2, 0) is 11.5 Å². The summed E-state index contributed by atoms with van der Waals surface area (Å²) in [6.07, 6.45) is 2.44. The number of allylic oxidation sites excluding steroid dienone is 1. The highest BCUT2D eigenvalue weighted by Gasteiger charge is 2.12. The first-order valence-electron chi connectivity index (χ1n) is 5.22. The van der Waals surface area contributed by atoms with Gasteiger partial charge in [-0.1, -0.05) is 0 Å². The molecule has 2 N–H and O–H groups in total. The molecule has 0 saturated heterocycles. The van der Waals surface area contributed by atoms with Crippen molar-refractivity contribution in [3.63, 3.8) is 0 Å². The second-order valence-corrected chi connectivity index (χ2v) is 3.14. The molecule has 2 heterocycles. The van der Waals surface area contributed by atoms with E-state index in [1.807, 2.05) is 6.07 Å². The van der Waals surface area contributed by atoms with Gasteiger partial charge in [0.1, 0.15) is 31.7 Å². The number of hydrogen-bond donors (Lipinski definition) is 1. The van der Waals surface area contributed by atoms with E-state index >= 15 is 0 Å². The van der Waals surface area contributed by atoms with Crippen LogP contribution in [0.3, 0.4) is 0 Å². The molecule has 0 fully saturated rings. The molecule has 86 valence electrons. The molecule has 0 radical (unpaired) electrons. The molecule has 0 bridgehead atoms. The highest BCUT2D eigenvalue weighted by Crippen LogP contribution is 2.19.